The molecule has 0 spiro atoms. The molecule has 0 bridgehead atoms. The third-order valence-corrected chi connectivity index (χ3v) is 4.22. The van der Waals surface area contributed by atoms with Gasteiger partial charge >= 0.3 is 0 Å². The van der Waals surface area contributed by atoms with Gasteiger partial charge in [-0.2, -0.15) is 5.10 Å². The number of carbonyl (C=O) groups excluding carboxylic acids is 1. The smallest absolute Gasteiger partial charge is 0.217 e. The lowest BCUT2D eigenvalue weighted by Gasteiger charge is -2.24. The monoisotopic (exact) mass is 299 g/mol. The van der Waals surface area contributed by atoms with Gasteiger partial charge in [-0.15, -0.1) is 0 Å². The van der Waals surface area contributed by atoms with E-state index in [4.69, 9.17) is 5.73 Å². The molecule has 3 N–H and O–H groups in total. The number of carbonyl (C=O) groups is 1. The van der Waals surface area contributed by atoms with Crippen LogP contribution in [0.5, 0.6) is 0 Å². The number of amides is 1. The van der Waals surface area contributed by atoms with E-state index in [1.54, 1.807) is 0 Å². The maximum atomic E-state index is 11.0. The van der Waals surface area contributed by atoms with Gasteiger partial charge in [0.1, 0.15) is 5.82 Å². The van der Waals surface area contributed by atoms with E-state index in [0.29, 0.717) is 12.8 Å². The summed E-state index contributed by atoms with van der Waals surface area (Å²) >= 11 is 0. The molecule has 2 aromatic rings. The van der Waals surface area contributed by atoms with Gasteiger partial charge in [-0.25, -0.2) is 4.98 Å². The molecule has 1 amide bonds. The standard InChI is InChI=1S/C16H21N5O/c1-16(2,6-3-14(17)22)21-10-11(9-20-21)12-4-7-18-15-13(12)5-8-19-15/h4,7,9-10H,3,5-6,8H2,1-2H3,(H2,17,22)(H,18,19). The van der Waals surface area contributed by atoms with Gasteiger partial charge in [0.05, 0.1) is 11.7 Å². The Kier molecular flexibility index (Phi) is 3.60. The van der Waals surface area contributed by atoms with E-state index < -0.39 is 0 Å². The van der Waals surface area contributed by atoms with Crippen molar-refractivity contribution < 1.29 is 4.79 Å². The molecule has 0 atom stereocenters. The summed E-state index contributed by atoms with van der Waals surface area (Å²) in [5.41, 5.74) is 8.50. The molecule has 22 heavy (non-hydrogen) atoms. The SMILES string of the molecule is CC(C)(CCC(N)=O)n1cc(-c2ccnc3c2CCN3)cn1. The van der Waals surface area contributed by atoms with Crippen LogP contribution in [0.4, 0.5) is 5.82 Å². The molecule has 3 heterocycles. The van der Waals surface area contributed by atoms with Crippen molar-refractivity contribution in [3.05, 3.63) is 30.2 Å². The van der Waals surface area contributed by atoms with Crippen molar-refractivity contribution in [2.45, 2.75) is 38.6 Å². The van der Waals surface area contributed by atoms with E-state index in [2.05, 4.69) is 29.2 Å². The maximum Gasteiger partial charge on any atom is 0.217 e. The number of hydrogen-bond donors (Lipinski definition) is 2. The maximum absolute atomic E-state index is 11.0. The highest BCUT2D eigenvalue weighted by Crippen LogP contribution is 2.32. The molecule has 0 aromatic carbocycles. The van der Waals surface area contributed by atoms with Crippen LogP contribution in [0.2, 0.25) is 0 Å². The predicted octanol–water partition coefficient (Wildman–Crippen LogP) is 1.91. The highest BCUT2D eigenvalue weighted by molar-refractivity contribution is 5.74. The van der Waals surface area contributed by atoms with Crippen molar-refractivity contribution in [1.29, 1.82) is 0 Å². The number of fused-ring (bicyclic) bond motifs is 1. The zero-order valence-corrected chi connectivity index (χ0v) is 13.0. The fraction of sp³-hybridized carbons (Fsp3) is 0.438. The highest BCUT2D eigenvalue weighted by atomic mass is 16.1. The number of nitrogens with zero attached hydrogens (tertiary/aromatic N) is 3. The molecule has 3 rings (SSSR count). The largest absolute Gasteiger partial charge is 0.370 e. The average molecular weight is 299 g/mol. The van der Waals surface area contributed by atoms with Gasteiger partial charge in [0, 0.05) is 36.5 Å². The minimum atomic E-state index is -0.279. The Labute approximate surface area is 129 Å². The van der Waals surface area contributed by atoms with Crippen LogP contribution < -0.4 is 11.1 Å². The van der Waals surface area contributed by atoms with Gasteiger partial charge in [-0.05, 0) is 38.3 Å². The van der Waals surface area contributed by atoms with E-state index in [1.165, 1.54) is 11.1 Å². The van der Waals surface area contributed by atoms with Gasteiger partial charge in [0.15, 0.2) is 0 Å². The highest BCUT2D eigenvalue weighted by Gasteiger charge is 2.23. The van der Waals surface area contributed by atoms with Crippen LogP contribution in [0.25, 0.3) is 11.1 Å². The topological polar surface area (TPSA) is 85.8 Å². The Balaban J connectivity index is 1.88. The molecule has 0 saturated carbocycles. The first-order chi connectivity index (χ1) is 10.5. The Morgan fingerprint density at radius 2 is 2.32 bits per heavy atom. The fourth-order valence-electron chi connectivity index (χ4n) is 2.81. The molecule has 6 heteroatoms. The molecule has 1 aliphatic heterocycles. The Morgan fingerprint density at radius 3 is 3.09 bits per heavy atom. The summed E-state index contributed by atoms with van der Waals surface area (Å²) < 4.78 is 1.92. The van der Waals surface area contributed by atoms with Gasteiger partial charge in [0.25, 0.3) is 0 Å². The van der Waals surface area contributed by atoms with Crippen LogP contribution >= 0.6 is 0 Å². The van der Waals surface area contributed by atoms with Crippen molar-refractivity contribution >= 4 is 11.7 Å². The number of nitrogens with one attached hydrogen (secondary N) is 1. The normalized spacial score (nSPS) is 13.7. The van der Waals surface area contributed by atoms with Gasteiger partial charge in [0.2, 0.25) is 5.91 Å². The van der Waals surface area contributed by atoms with Gasteiger partial charge in [-0.1, -0.05) is 0 Å². The molecular formula is C16H21N5O. The molecule has 2 aromatic heterocycles. The van der Waals surface area contributed by atoms with Crippen molar-refractivity contribution in [2.75, 3.05) is 11.9 Å². The first kappa shape index (κ1) is 14.6. The summed E-state index contributed by atoms with van der Waals surface area (Å²) in [6.07, 6.45) is 7.74. The lowest BCUT2D eigenvalue weighted by atomic mass is 9.98. The fourth-order valence-corrected chi connectivity index (χ4v) is 2.81. The van der Waals surface area contributed by atoms with Gasteiger partial charge < -0.3 is 11.1 Å². The molecule has 1 aliphatic rings. The van der Waals surface area contributed by atoms with Crippen LogP contribution in [0.15, 0.2) is 24.7 Å². The number of hydrogen-bond acceptors (Lipinski definition) is 4. The number of pyridine rings is 1. The molecule has 0 radical (unpaired) electrons. The van der Waals surface area contributed by atoms with E-state index in [1.807, 2.05) is 29.3 Å². The quantitative estimate of drug-likeness (QED) is 0.883. The molecule has 116 valence electrons. The van der Waals surface area contributed by atoms with Crippen molar-refractivity contribution in [2.24, 2.45) is 5.73 Å². The van der Waals surface area contributed by atoms with Crippen LogP contribution in [0, 0.1) is 0 Å². The Morgan fingerprint density at radius 1 is 1.50 bits per heavy atom. The summed E-state index contributed by atoms with van der Waals surface area (Å²) in [6.45, 7) is 5.05. The summed E-state index contributed by atoms with van der Waals surface area (Å²) in [4.78, 5) is 15.4. The van der Waals surface area contributed by atoms with E-state index in [-0.39, 0.29) is 11.4 Å². The predicted molar refractivity (Wildman–Crippen MR) is 85.4 cm³/mol. The number of rotatable bonds is 5. The van der Waals surface area contributed by atoms with Crippen LogP contribution in [-0.2, 0) is 16.8 Å². The molecule has 0 fully saturated rings. The zero-order chi connectivity index (χ0) is 15.7. The average Bonchev–Trinajstić information content (AvgIpc) is 3.14. The third kappa shape index (κ3) is 2.68. The van der Waals surface area contributed by atoms with Crippen LogP contribution in [0.3, 0.4) is 0 Å². The lowest BCUT2D eigenvalue weighted by molar-refractivity contribution is -0.118. The molecular weight excluding hydrogens is 278 g/mol. The molecule has 6 nitrogen and oxygen atoms in total. The molecule has 0 saturated heterocycles. The number of anilines is 1. The molecule has 0 aliphatic carbocycles. The van der Waals surface area contributed by atoms with Gasteiger partial charge in [-0.3, -0.25) is 9.48 Å². The number of nitrogens with two attached hydrogens (primary N) is 1. The summed E-state index contributed by atoms with van der Waals surface area (Å²) in [5.74, 6) is 0.691. The molecule has 0 unspecified atom stereocenters. The number of aromatic nitrogens is 3. The third-order valence-electron chi connectivity index (χ3n) is 4.22. The van der Waals surface area contributed by atoms with E-state index in [0.717, 1.165) is 24.3 Å². The summed E-state index contributed by atoms with van der Waals surface area (Å²) in [7, 11) is 0. The van der Waals surface area contributed by atoms with Crippen molar-refractivity contribution in [3.63, 3.8) is 0 Å². The van der Waals surface area contributed by atoms with Crippen molar-refractivity contribution in [3.8, 4) is 11.1 Å². The summed E-state index contributed by atoms with van der Waals surface area (Å²) in [6, 6.07) is 2.03. The first-order valence-electron chi connectivity index (χ1n) is 7.53. The van der Waals surface area contributed by atoms with Crippen molar-refractivity contribution in [1.82, 2.24) is 14.8 Å². The second-order valence-corrected chi connectivity index (χ2v) is 6.31. The Bertz CT molecular complexity index is 704. The second kappa shape index (κ2) is 5.44. The van der Waals surface area contributed by atoms with Crippen LogP contribution in [0.1, 0.15) is 32.3 Å². The van der Waals surface area contributed by atoms with E-state index in [9.17, 15) is 4.79 Å². The Hall–Kier alpha value is -2.37. The zero-order valence-electron chi connectivity index (χ0n) is 13.0. The van der Waals surface area contributed by atoms with Crippen LogP contribution in [-0.4, -0.2) is 27.2 Å². The summed E-state index contributed by atoms with van der Waals surface area (Å²) in [5, 5.41) is 7.78. The second-order valence-electron chi connectivity index (χ2n) is 6.31. The first-order valence-corrected chi connectivity index (χ1v) is 7.53. The minimum absolute atomic E-state index is 0.248. The van der Waals surface area contributed by atoms with E-state index >= 15 is 0 Å². The lowest BCUT2D eigenvalue weighted by Crippen LogP contribution is -2.28. The number of primary amides is 1. The minimum Gasteiger partial charge on any atom is -0.370 e.